The minimum atomic E-state index is -1.23. The molecule has 0 saturated heterocycles. The second-order valence-electron chi connectivity index (χ2n) is 3.97. The molecule has 1 aromatic rings. The molecule has 1 aromatic carbocycles. The van der Waals surface area contributed by atoms with Crippen molar-refractivity contribution in [2.24, 2.45) is 11.0 Å². The molecular formula is C12H14ClN3O2. The maximum Gasteiger partial charge on any atom is 0.358 e. The third-order valence-electron chi connectivity index (χ3n) is 2.27. The van der Waals surface area contributed by atoms with Crippen molar-refractivity contribution >= 4 is 23.3 Å². The molecule has 96 valence electrons. The van der Waals surface area contributed by atoms with E-state index in [9.17, 15) is 4.79 Å². The van der Waals surface area contributed by atoms with Gasteiger partial charge in [-0.05, 0) is 30.2 Å². The molecule has 1 rings (SSSR count). The van der Waals surface area contributed by atoms with Gasteiger partial charge >= 0.3 is 5.97 Å². The van der Waals surface area contributed by atoms with Crippen LogP contribution < -0.4 is 5.32 Å². The van der Waals surface area contributed by atoms with Crippen molar-refractivity contribution in [2.75, 3.05) is 5.32 Å². The summed E-state index contributed by atoms with van der Waals surface area (Å²) in [5, 5.41) is 15.6. The topological polar surface area (TPSA) is 85.5 Å². The van der Waals surface area contributed by atoms with E-state index in [1.54, 1.807) is 24.3 Å². The summed E-state index contributed by atoms with van der Waals surface area (Å²) in [5.74, 6) is -1.32. The van der Waals surface area contributed by atoms with Crippen LogP contribution in [0.15, 0.2) is 40.8 Å². The van der Waals surface area contributed by atoms with Crippen LogP contribution in [-0.4, -0.2) is 11.1 Å². The molecule has 3 N–H and O–H groups in total. The van der Waals surface area contributed by atoms with E-state index in [0.717, 1.165) is 0 Å². The van der Waals surface area contributed by atoms with Gasteiger partial charge in [0.2, 0.25) is 0 Å². The fourth-order valence-corrected chi connectivity index (χ4v) is 1.51. The Morgan fingerprint density at radius 3 is 2.33 bits per heavy atom. The normalized spacial score (nSPS) is 12.0. The van der Waals surface area contributed by atoms with Crippen molar-refractivity contribution in [1.82, 2.24) is 0 Å². The van der Waals surface area contributed by atoms with E-state index in [2.05, 4.69) is 10.4 Å². The van der Waals surface area contributed by atoms with Gasteiger partial charge in [-0.2, -0.15) is 0 Å². The maximum absolute atomic E-state index is 11.0. The third-order valence-corrected chi connectivity index (χ3v) is 2.52. The Bertz CT molecular complexity index is 481. The van der Waals surface area contributed by atoms with E-state index in [-0.39, 0.29) is 11.6 Å². The Hall–Kier alpha value is -1.88. The highest BCUT2D eigenvalue weighted by Crippen LogP contribution is 2.21. The zero-order valence-corrected chi connectivity index (χ0v) is 10.8. The molecule has 0 atom stereocenters. The van der Waals surface area contributed by atoms with E-state index < -0.39 is 5.97 Å². The molecule has 0 amide bonds. The molecule has 0 unspecified atom stereocenters. The molecule has 0 fully saturated rings. The number of carboxylic acid groups (broad SMARTS) is 1. The van der Waals surface area contributed by atoms with Crippen LogP contribution in [0, 0.1) is 11.4 Å². The van der Waals surface area contributed by atoms with Crippen LogP contribution in [0.5, 0.6) is 0 Å². The highest BCUT2D eigenvalue weighted by Gasteiger charge is 2.17. The van der Waals surface area contributed by atoms with E-state index in [1.807, 2.05) is 13.8 Å². The standard InChI is InChI=1S/C12H14ClN3O2/c1-7(2)10(11(16-14)12(17)18)15-9-5-3-8(13)4-6-9/h3-7,14-15H,1-2H3,(H,17,18)/b11-10-,16-14?. The molecule has 0 aliphatic carbocycles. The summed E-state index contributed by atoms with van der Waals surface area (Å²) in [4.78, 5) is 11.0. The van der Waals surface area contributed by atoms with Gasteiger partial charge in [-0.15, -0.1) is 5.11 Å². The first-order chi connectivity index (χ1) is 8.45. The first kappa shape index (κ1) is 14.2. The van der Waals surface area contributed by atoms with Crippen LogP contribution in [0.25, 0.3) is 0 Å². The molecule has 0 aliphatic heterocycles. The Kier molecular flexibility index (Phi) is 4.85. The van der Waals surface area contributed by atoms with Gasteiger partial charge in [0.15, 0.2) is 5.70 Å². The molecule has 0 spiro atoms. The van der Waals surface area contributed by atoms with Gasteiger partial charge in [-0.3, -0.25) is 0 Å². The first-order valence-electron chi connectivity index (χ1n) is 5.33. The van der Waals surface area contributed by atoms with Gasteiger partial charge in [0.1, 0.15) is 0 Å². The van der Waals surface area contributed by atoms with Gasteiger partial charge in [-0.1, -0.05) is 25.4 Å². The number of allylic oxidation sites excluding steroid dienone is 1. The van der Waals surface area contributed by atoms with Crippen LogP contribution in [0.2, 0.25) is 5.02 Å². The molecule has 6 heteroatoms. The molecule has 0 saturated carbocycles. The fraction of sp³-hybridized carbons (Fsp3) is 0.250. The average molecular weight is 268 g/mol. The number of hydrogen-bond donors (Lipinski definition) is 3. The minimum absolute atomic E-state index is 0.0964. The monoisotopic (exact) mass is 267 g/mol. The summed E-state index contributed by atoms with van der Waals surface area (Å²) in [5.41, 5.74) is 7.74. The summed E-state index contributed by atoms with van der Waals surface area (Å²) in [6, 6.07) is 6.85. The number of hydrogen-bond acceptors (Lipinski definition) is 4. The molecule has 0 aliphatic rings. The van der Waals surface area contributed by atoms with Crippen molar-refractivity contribution in [1.29, 1.82) is 5.53 Å². The number of carboxylic acids is 1. The summed E-state index contributed by atoms with van der Waals surface area (Å²) in [6.07, 6.45) is 0. The molecule has 18 heavy (non-hydrogen) atoms. The predicted octanol–water partition coefficient (Wildman–Crippen LogP) is 3.74. The quantitative estimate of drug-likeness (QED) is 0.561. The summed E-state index contributed by atoms with van der Waals surface area (Å²) in [6.45, 7) is 3.65. The van der Waals surface area contributed by atoms with Crippen LogP contribution >= 0.6 is 11.6 Å². The minimum Gasteiger partial charge on any atom is -0.476 e. The molecular weight excluding hydrogens is 254 g/mol. The number of halogens is 1. The number of benzene rings is 1. The zero-order chi connectivity index (χ0) is 13.7. The largest absolute Gasteiger partial charge is 0.476 e. The smallest absolute Gasteiger partial charge is 0.358 e. The van der Waals surface area contributed by atoms with Gasteiger partial charge < -0.3 is 10.4 Å². The summed E-state index contributed by atoms with van der Waals surface area (Å²) >= 11 is 5.77. The van der Waals surface area contributed by atoms with E-state index in [1.165, 1.54) is 0 Å². The van der Waals surface area contributed by atoms with Crippen molar-refractivity contribution < 1.29 is 9.90 Å². The van der Waals surface area contributed by atoms with Crippen molar-refractivity contribution in [3.63, 3.8) is 0 Å². The maximum atomic E-state index is 11.0. The predicted molar refractivity (Wildman–Crippen MR) is 69.7 cm³/mol. The molecule has 0 radical (unpaired) electrons. The molecule has 0 heterocycles. The van der Waals surface area contributed by atoms with E-state index in [4.69, 9.17) is 22.2 Å². The second kappa shape index (κ2) is 6.16. The Morgan fingerprint density at radius 1 is 1.39 bits per heavy atom. The Morgan fingerprint density at radius 2 is 1.94 bits per heavy atom. The third kappa shape index (κ3) is 3.56. The van der Waals surface area contributed by atoms with E-state index in [0.29, 0.717) is 16.4 Å². The average Bonchev–Trinajstić information content (AvgIpc) is 2.30. The number of rotatable bonds is 5. The lowest BCUT2D eigenvalue weighted by Crippen LogP contribution is -2.13. The molecule has 0 aromatic heterocycles. The lowest BCUT2D eigenvalue weighted by atomic mass is 10.1. The molecule has 5 nitrogen and oxygen atoms in total. The van der Waals surface area contributed by atoms with Gasteiger partial charge in [0, 0.05) is 10.7 Å². The number of nitrogens with zero attached hydrogens (tertiary/aromatic N) is 1. The highest BCUT2D eigenvalue weighted by atomic mass is 35.5. The Balaban J connectivity index is 3.11. The summed E-state index contributed by atoms with van der Waals surface area (Å²) < 4.78 is 0. The van der Waals surface area contributed by atoms with Crippen LogP contribution in [0.4, 0.5) is 5.69 Å². The van der Waals surface area contributed by atoms with Crippen molar-refractivity contribution in [3.8, 4) is 0 Å². The van der Waals surface area contributed by atoms with Crippen LogP contribution in [0.3, 0.4) is 0 Å². The lowest BCUT2D eigenvalue weighted by Gasteiger charge is -2.15. The van der Waals surface area contributed by atoms with Crippen molar-refractivity contribution in [2.45, 2.75) is 13.8 Å². The number of aliphatic carboxylic acids is 1. The lowest BCUT2D eigenvalue weighted by molar-refractivity contribution is -0.132. The SMILES string of the molecule is CC(C)/C(Nc1ccc(Cl)cc1)=C(/N=N)C(=O)O. The van der Waals surface area contributed by atoms with Gasteiger partial charge in [-0.25, -0.2) is 10.3 Å². The number of nitrogens with one attached hydrogen (secondary N) is 2. The fourth-order valence-electron chi connectivity index (χ4n) is 1.39. The number of anilines is 1. The van der Waals surface area contributed by atoms with Crippen LogP contribution in [0.1, 0.15) is 13.8 Å². The van der Waals surface area contributed by atoms with Gasteiger partial charge in [0.25, 0.3) is 0 Å². The second-order valence-corrected chi connectivity index (χ2v) is 4.40. The summed E-state index contributed by atoms with van der Waals surface area (Å²) in [7, 11) is 0. The van der Waals surface area contributed by atoms with Gasteiger partial charge in [0.05, 0.1) is 5.70 Å². The highest BCUT2D eigenvalue weighted by molar-refractivity contribution is 6.30. The first-order valence-corrected chi connectivity index (χ1v) is 5.71. The zero-order valence-electron chi connectivity index (χ0n) is 10.1. The molecule has 0 bridgehead atoms. The van der Waals surface area contributed by atoms with Crippen molar-refractivity contribution in [3.05, 3.63) is 40.7 Å². The number of carbonyl (C=O) groups is 1. The Labute approximate surface area is 110 Å². The van der Waals surface area contributed by atoms with E-state index >= 15 is 0 Å². The van der Waals surface area contributed by atoms with Crippen LogP contribution in [-0.2, 0) is 4.79 Å².